The molecule has 150 valence electrons. The van der Waals surface area contributed by atoms with E-state index in [2.05, 4.69) is 22.0 Å². The van der Waals surface area contributed by atoms with Crippen molar-refractivity contribution in [2.45, 2.75) is 25.3 Å². The van der Waals surface area contributed by atoms with Crippen LogP contribution in [0, 0.1) is 0 Å². The largest absolute Gasteiger partial charge is 0.459 e. The number of rotatable bonds is 7. The molecule has 0 saturated heterocycles. The number of aryl methyl sites for hydroxylation is 1. The van der Waals surface area contributed by atoms with Gasteiger partial charge >= 0.3 is 0 Å². The topological polar surface area (TPSA) is 131 Å². The summed E-state index contributed by atoms with van der Waals surface area (Å²) in [4.78, 5) is 8.85. The standard InChI is InChI=1S/C21H22N4O4/c1-2-3-13-4-6-16(23-10-13)20-24-19(25-29-20)14-5-7-17-15(8-14)9-18(28-17)21(22,11-26)12-27/h4-10,26-27H,2-3,11-12,22H2,1H3. The van der Waals surface area contributed by atoms with Gasteiger partial charge in [-0.25, -0.2) is 0 Å². The second-order valence-corrected chi connectivity index (χ2v) is 7.06. The van der Waals surface area contributed by atoms with Gasteiger partial charge < -0.3 is 24.9 Å². The number of fused-ring (bicyclic) bond motifs is 1. The summed E-state index contributed by atoms with van der Waals surface area (Å²) in [6.07, 6.45) is 3.86. The average Bonchev–Trinajstić information content (AvgIpc) is 3.41. The maximum absolute atomic E-state index is 9.47. The van der Waals surface area contributed by atoms with Gasteiger partial charge in [-0.1, -0.05) is 24.6 Å². The first kappa shape index (κ1) is 19.3. The molecular formula is C21H22N4O4. The van der Waals surface area contributed by atoms with Crippen LogP contribution >= 0.6 is 0 Å². The van der Waals surface area contributed by atoms with E-state index in [-0.39, 0.29) is 0 Å². The Balaban J connectivity index is 1.63. The van der Waals surface area contributed by atoms with Gasteiger partial charge in [0, 0.05) is 17.1 Å². The van der Waals surface area contributed by atoms with Gasteiger partial charge in [0.25, 0.3) is 5.89 Å². The molecule has 0 aliphatic rings. The predicted molar refractivity (Wildman–Crippen MR) is 107 cm³/mol. The Bertz CT molecular complexity index is 1110. The third kappa shape index (κ3) is 3.65. The molecule has 0 unspecified atom stereocenters. The normalized spacial score (nSPS) is 12.0. The van der Waals surface area contributed by atoms with E-state index in [4.69, 9.17) is 14.7 Å². The number of aliphatic hydroxyl groups is 2. The van der Waals surface area contributed by atoms with Gasteiger partial charge in [-0.05, 0) is 42.3 Å². The third-order valence-corrected chi connectivity index (χ3v) is 4.84. The van der Waals surface area contributed by atoms with Gasteiger partial charge in [0.15, 0.2) is 0 Å². The SMILES string of the molecule is CCCc1ccc(-c2nc(-c3ccc4oc(C(N)(CO)CO)cc4c3)no2)nc1. The fourth-order valence-electron chi connectivity index (χ4n) is 3.07. The summed E-state index contributed by atoms with van der Waals surface area (Å²) in [7, 11) is 0. The Kier molecular flexibility index (Phi) is 5.14. The lowest BCUT2D eigenvalue weighted by molar-refractivity contribution is 0.105. The molecule has 3 heterocycles. The summed E-state index contributed by atoms with van der Waals surface area (Å²) >= 11 is 0. The van der Waals surface area contributed by atoms with E-state index < -0.39 is 18.8 Å². The van der Waals surface area contributed by atoms with Gasteiger partial charge in [0.05, 0.1) is 13.2 Å². The molecular weight excluding hydrogens is 372 g/mol. The molecule has 29 heavy (non-hydrogen) atoms. The van der Waals surface area contributed by atoms with E-state index >= 15 is 0 Å². The lowest BCUT2D eigenvalue weighted by Gasteiger charge is -2.21. The average molecular weight is 394 g/mol. The number of aromatic nitrogens is 3. The van der Waals surface area contributed by atoms with Gasteiger partial charge in [-0.3, -0.25) is 4.98 Å². The molecule has 0 fully saturated rings. The highest BCUT2D eigenvalue weighted by Crippen LogP contribution is 2.30. The summed E-state index contributed by atoms with van der Waals surface area (Å²) in [5.74, 6) is 1.07. The summed E-state index contributed by atoms with van der Waals surface area (Å²) in [5, 5.41) is 23.7. The highest BCUT2D eigenvalue weighted by molar-refractivity contribution is 5.83. The van der Waals surface area contributed by atoms with E-state index in [9.17, 15) is 10.2 Å². The number of benzene rings is 1. The number of furan rings is 1. The van der Waals surface area contributed by atoms with Crippen LogP contribution in [0.2, 0.25) is 0 Å². The maximum atomic E-state index is 9.47. The first-order valence-corrected chi connectivity index (χ1v) is 9.40. The Morgan fingerprint density at radius 3 is 2.62 bits per heavy atom. The number of nitrogens with two attached hydrogens (primary N) is 1. The zero-order valence-electron chi connectivity index (χ0n) is 16.0. The molecule has 0 amide bonds. The van der Waals surface area contributed by atoms with Crippen LogP contribution in [-0.2, 0) is 12.0 Å². The van der Waals surface area contributed by atoms with E-state index in [1.54, 1.807) is 18.2 Å². The maximum Gasteiger partial charge on any atom is 0.276 e. The molecule has 0 saturated carbocycles. The van der Waals surface area contributed by atoms with Crippen molar-refractivity contribution in [3.05, 3.63) is 53.9 Å². The molecule has 8 heteroatoms. The third-order valence-electron chi connectivity index (χ3n) is 4.84. The molecule has 4 N–H and O–H groups in total. The summed E-state index contributed by atoms with van der Waals surface area (Å²) in [6, 6.07) is 11.0. The van der Waals surface area contributed by atoms with Crippen LogP contribution in [0.3, 0.4) is 0 Å². The highest BCUT2D eigenvalue weighted by Gasteiger charge is 2.30. The van der Waals surface area contributed by atoms with E-state index in [0.29, 0.717) is 28.8 Å². The Hall–Kier alpha value is -3.07. The van der Waals surface area contributed by atoms with Crippen molar-refractivity contribution in [3.63, 3.8) is 0 Å². The molecule has 0 aliphatic heterocycles. The zero-order valence-corrected chi connectivity index (χ0v) is 16.0. The predicted octanol–water partition coefficient (Wildman–Crippen LogP) is 2.64. The van der Waals surface area contributed by atoms with Gasteiger partial charge in [-0.2, -0.15) is 4.98 Å². The van der Waals surface area contributed by atoms with Crippen molar-refractivity contribution in [2.24, 2.45) is 5.73 Å². The van der Waals surface area contributed by atoms with Gasteiger partial charge in [0.2, 0.25) is 5.82 Å². The van der Waals surface area contributed by atoms with Crippen molar-refractivity contribution >= 4 is 11.0 Å². The van der Waals surface area contributed by atoms with Crippen LogP contribution < -0.4 is 5.73 Å². The Morgan fingerprint density at radius 2 is 1.93 bits per heavy atom. The molecule has 0 atom stereocenters. The second kappa shape index (κ2) is 7.75. The van der Waals surface area contributed by atoms with E-state index in [1.165, 1.54) is 5.56 Å². The number of hydrogen-bond donors (Lipinski definition) is 3. The van der Waals surface area contributed by atoms with Crippen LogP contribution in [-0.4, -0.2) is 38.6 Å². The summed E-state index contributed by atoms with van der Waals surface area (Å²) in [5.41, 5.74) is 7.75. The van der Waals surface area contributed by atoms with Crippen LogP contribution in [0.5, 0.6) is 0 Å². The fourth-order valence-corrected chi connectivity index (χ4v) is 3.07. The minimum absolute atomic E-state index is 0.305. The summed E-state index contributed by atoms with van der Waals surface area (Å²) in [6.45, 7) is 1.25. The molecule has 0 aliphatic carbocycles. The smallest absolute Gasteiger partial charge is 0.276 e. The minimum atomic E-state index is -1.34. The second-order valence-electron chi connectivity index (χ2n) is 7.06. The molecule has 8 nitrogen and oxygen atoms in total. The van der Waals surface area contributed by atoms with E-state index in [0.717, 1.165) is 23.8 Å². The number of nitrogens with zero attached hydrogens (tertiary/aromatic N) is 3. The zero-order chi connectivity index (χ0) is 20.4. The lowest BCUT2D eigenvalue weighted by atomic mass is 10.00. The lowest BCUT2D eigenvalue weighted by Crippen LogP contribution is -2.43. The number of hydrogen-bond acceptors (Lipinski definition) is 8. The van der Waals surface area contributed by atoms with Crippen LogP contribution in [0.4, 0.5) is 0 Å². The molecule has 4 aromatic rings. The highest BCUT2D eigenvalue weighted by atomic mass is 16.5. The van der Waals surface area contributed by atoms with Crippen molar-refractivity contribution in [3.8, 4) is 23.0 Å². The number of pyridine rings is 1. The molecule has 4 rings (SSSR count). The molecule has 0 bridgehead atoms. The van der Waals surface area contributed by atoms with Crippen molar-refractivity contribution < 1.29 is 19.2 Å². The van der Waals surface area contributed by atoms with Crippen LogP contribution in [0.1, 0.15) is 24.7 Å². The van der Waals surface area contributed by atoms with Gasteiger partial charge in [0.1, 0.15) is 22.6 Å². The minimum Gasteiger partial charge on any atom is -0.459 e. The Labute approximate surface area is 167 Å². The van der Waals surface area contributed by atoms with Crippen LogP contribution in [0.25, 0.3) is 33.9 Å². The van der Waals surface area contributed by atoms with Crippen molar-refractivity contribution in [1.29, 1.82) is 0 Å². The Morgan fingerprint density at radius 1 is 1.10 bits per heavy atom. The number of aliphatic hydroxyl groups excluding tert-OH is 2. The molecule has 1 aromatic carbocycles. The fraction of sp³-hybridized carbons (Fsp3) is 0.286. The van der Waals surface area contributed by atoms with Gasteiger partial charge in [-0.15, -0.1) is 0 Å². The first-order chi connectivity index (χ1) is 14.1. The van der Waals surface area contributed by atoms with Crippen molar-refractivity contribution in [2.75, 3.05) is 13.2 Å². The van der Waals surface area contributed by atoms with Crippen molar-refractivity contribution in [1.82, 2.24) is 15.1 Å². The molecule has 3 aromatic heterocycles. The first-order valence-electron chi connectivity index (χ1n) is 9.40. The van der Waals surface area contributed by atoms with Crippen LogP contribution in [0.15, 0.2) is 51.5 Å². The molecule has 0 radical (unpaired) electrons. The van der Waals surface area contributed by atoms with E-state index in [1.807, 2.05) is 24.4 Å². The monoisotopic (exact) mass is 394 g/mol. The quantitative estimate of drug-likeness (QED) is 0.436. The summed E-state index contributed by atoms with van der Waals surface area (Å²) < 4.78 is 11.1. The molecule has 0 spiro atoms.